The lowest BCUT2D eigenvalue weighted by molar-refractivity contribution is -0.129. The van der Waals surface area contributed by atoms with Crippen LogP contribution in [0.4, 0.5) is 10.5 Å². The standard InChI is InChI=1S/C22H25N3O3/c26-21(10-16-4-2-1-3-5-16)25-9-8-17(13-25)12-23-22(27)24-20-7-6-18-14-28-15-19(18)11-20/h1-7,11,17H,8-10,12-15H2,(H2,23,24,27). The number of anilines is 1. The fourth-order valence-corrected chi connectivity index (χ4v) is 3.77. The van der Waals surface area contributed by atoms with Crippen LogP contribution in [0.1, 0.15) is 23.1 Å². The van der Waals surface area contributed by atoms with Gasteiger partial charge in [-0.05, 0) is 41.2 Å². The minimum Gasteiger partial charge on any atom is -0.372 e. The minimum absolute atomic E-state index is 0.151. The van der Waals surface area contributed by atoms with Crippen LogP contribution in [0.15, 0.2) is 48.5 Å². The van der Waals surface area contributed by atoms with Gasteiger partial charge in [-0.15, -0.1) is 0 Å². The number of nitrogens with zero attached hydrogens (tertiary/aromatic N) is 1. The van der Waals surface area contributed by atoms with Gasteiger partial charge >= 0.3 is 6.03 Å². The largest absolute Gasteiger partial charge is 0.372 e. The maximum Gasteiger partial charge on any atom is 0.319 e. The molecule has 2 aromatic rings. The number of likely N-dealkylation sites (tertiary alicyclic amines) is 1. The van der Waals surface area contributed by atoms with Gasteiger partial charge in [-0.3, -0.25) is 4.79 Å². The molecule has 3 amide bonds. The third-order valence-corrected chi connectivity index (χ3v) is 5.37. The number of benzene rings is 2. The summed E-state index contributed by atoms with van der Waals surface area (Å²) >= 11 is 0. The highest BCUT2D eigenvalue weighted by molar-refractivity contribution is 5.89. The van der Waals surface area contributed by atoms with Crippen LogP contribution in [0, 0.1) is 5.92 Å². The second kappa shape index (κ2) is 8.44. The average molecular weight is 379 g/mol. The van der Waals surface area contributed by atoms with Crippen molar-refractivity contribution in [2.45, 2.75) is 26.1 Å². The predicted molar refractivity (Wildman–Crippen MR) is 107 cm³/mol. The summed E-state index contributed by atoms with van der Waals surface area (Å²) in [6.45, 7) is 3.26. The molecule has 1 fully saturated rings. The Balaban J connectivity index is 1.21. The van der Waals surface area contributed by atoms with Gasteiger partial charge in [-0.25, -0.2) is 4.79 Å². The number of carbonyl (C=O) groups is 2. The van der Waals surface area contributed by atoms with Crippen LogP contribution in [0.3, 0.4) is 0 Å². The van der Waals surface area contributed by atoms with Gasteiger partial charge < -0.3 is 20.3 Å². The zero-order valence-corrected chi connectivity index (χ0v) is 15.8. The van der Waals surface area contributed by atoms with Crippen LogP contribution in [0.25, 0.3) is 0 Å². The maximum atomic E-state index is 12.4. The number of urea groups is 1. The van der Waals surface area contributed by atoms with E-state index >= 15 is 0 Å². The molecule has 1 unspecified atom stereocenters. The Hall–Kier alpha value is -2.86. The number of hydrogen-bond acceptors (Lipinski definition) is 3. The Morgan fingerprint density at radius 1 is 1.07 bits per heavy atom. The molecular formula is C22H25N3O3. The van der Waals surface area contributed by atoms with Crippen LogP contribution in [0.2, 0.25) is 0 Å². The fourth-order valence-electron chi connectivity index (χ4n) is 3.77. The monoisotopic (exact) mass is 379 g/mol. The van der Waals surface area contributed by atoms with E-state index < -0.39 is 0 Å². The molecule has 2 aliphatic heterocycles. The quantitative estimate of drug-likeness (QED) is 0.839. The summed E-state index contributed by atoms with van der Waals surface area (Å²) in [5.74, 6) is 0.442. The molecule has 0 radical (unpaired) electrons. The molecule has 0 saturated carbocycles. The molecule has 2 heterocycles. The minimum atomic E-state index is -0.215. The Morgan fingerprint density at radius 3 is 2.75 bits per heavy atom. The number of fused-ring (bicyclic) bond motifs is 1. The molecule has 1 atom stereocenters. The molecule has 2 aliphatic rings. The van der Waals surface area contributed by atoms with Crippen molar-refractivity contribution in [2.75, 3.05) is 25.0 Å². The molecule has 2 aromatic carbocycles. The van der Waals surface area contributed by atoms with E-state index in [2.05, 4.69) is 10.6 Å². The molecule has 6 heteroatoms. The molecule has 0 aromatic heterocycles. The van der Waals surface area contributed by atoms with Crippen molar-refractivity contribution in [3.8, 4) is 0 Å². The first kappa shape index (κ1) is 18.5. The Labute approximate surface area is 164 Å². The van der Waals surface area contributed by atoms with Gasteiger partial charge in [0.1, 0.15) is 0 Å². The van der Waals surface area contributed by atoms with E-state index in [0.29, 0.717) is 38.6 Å². The summed E-state index contributed by atoms with van der Waals surface area (Å²) in [5.41, 5.74) is 4.11. The van der Waals surface area contributed by atoms with E-state index in [1.165, 1.54) is 5.56 Å². The lowest BCUT2D eigenvalue weighted by Gasteiger charge is -2.17. The summed E-state index contributed by atoms with van der Waals surface area (Å²) in [4.78, 5) is 26.5. The molecule has 1 saturated heterocycles. The molecule has 0 spiro atoms. The predicted octanol–water partition coefficient (Wildman–Crippen LogP) is 2.93. The lowest BCUT2D eigenvalue weighted by atomic mass is 10.1. The van der Waals surface area contributed by atoms with Crippen molar-refractivity contribution in [3.63, 3.8) is 0 Å². The highest BCUT2D eigenvalue weighted by Gasteiger charge is 2.26. The van der Waals surface area contributed by atoms with Gasteiger partial charge in [0.05, 0.1) is 19.6 Å². The molecule has 4 rings (SSSR count). The Kier molecular flexibility index (Phi) is 5.58. The highest BCUT2D eigenvalue weighted by Crippen LogP contribution is 2.23. The van der Waals surface area contributed by atoms with Crippen LogP contribution in [-0.4, -0.2) is 36.5 Å². The third-order valence-electron chi connectivity index (χ3n) is 5.37. The molecule has 2 N–H and O–H groups in total. The third kappa shape index (κ3) is 4.51. The zero-order valence-electron chi connectivity index (χ0n) is 15.8. The van der Waals surface area contributed by atoms with E-state index in [1.54, 1.807) is 0 Å². The topological polar surface area (TPSA) is 70.7 Å². The van der Waals surface area contributed by atoms with Crippen LogP contribution < -0.4 is 10.6 Å². The number of hydrogen-bond donors (Lipinski definition) is 2. The van der Waals surface area contributed by atoms with E-state index in [1.807, 2.05) is 53.4 Å². The van der Waals surface area contributed by atoms with Crippen molar-refractivity contribution in [3.05, 3.63) is 65.2 Å². The normalized spacial score (nSPS) is 18.0. The average Bonchev–Trinajstić information content (AvgIpc) is 3.36. The molecule has 0 bridgehead atoms. The first-order valence-electron chi connectivity index (χ1n) is 9.73. The summed E-state index contributed by atoms with van der Waals surface area (Å²) in [6, 6.07) is 15.4. The Morgan fingerprint density at radius 2 is 1.89 bits per heavy atom. The van der Waals surface area contributed by atoms with E-state index in [0.717, 1.165) is 29.8 Å². The van der Waals surface area contributed by atoms with Crippen molar-refractivity contribution < 1.29 is 14.3 Å². The van der Waals surface area contributed by atoms with Crippen LogP contribution >= 0.6 is 0 Å². The maximum absolute atomic E-state index is 12.4. The SMILES string of the molecule is O=C(NCC1CCN(C(=O)Cc2ccccc2)C1)Nc1ccc2c(c1)COC2. The lowest BCUT2D eigenvalue weighted by Crippen LogP contribution is -2.35. The zero-order chi connectivity index (χ0) is 19.3. The van der Waals surface area contributed by atoms with E-state index in [-0.39, 0.29) is 11.9 Å². The second-order valence-electron chi connectivity index (χ2n) is 7.47. The van der Waals surface area contributed by atoms with Crippen molar-refractivity contribution in [2.24, 2.45) is 5.92 Å². The van der Waals surface area contributed by atoms with Crippen LogP contribution in [0.5, 0.6) is 0 Å². The molecule has 6 nitrogen and oxygen atoms in total. The highest BCUT2D eigenvalue weighted by atomic mass is 16.5. The van der Waals surface area contributed by atoms with Gasteiger partial charge in [0.15, 0.2) is 0 Å². The van der Waals surface area contributed by atoms with Crippen molar-refractivity contribution in [1.82, 2.24) is 10.2 Å². The van der Waals surface area contributed by atoms with Gasteiger partial charge in [0.2, 0.25) is 5.91 Å². The number of rotatable bonds is 5. The van der Waals surface area contributed by atoms with Gasteiger partial charge in [0.25, 0.3) is 0 Å². The number of amides is 3. The number of carbonyl (C=O) groups excluding carboxylic acids is 2. The summed E-state index contributed by atoms with van der Waals surface area (Å²) < 4.78 is 5.40. The fraction of sp³-hybridized carbons (Fsp3) is 0.364. The second-order valence-corrected chi connectivity index (χ2v) is 7.47. The van der Waals surface area contributed by atoms with Gasteiger partial charge in [-0.2, -0.15) is 0 Å². The smallest absolute Gasteiger partial charge is 0.319 e. The van der Waals surface area contributed by atoms with Gasteiger partial charge in [-0.1, -0.05) is 36.4 Å². The summed E-state index contributed by atoms with van der Waals surface area (Å²) in [5, 5.41) is 5.81. The number of ether oxygens (including phenoxy) is 1. The summed E-state index contributed by atoms with van der Waals surface area (Å²) in [6.07, 6.45) is 1.35. The Bertz CT molecular complexity index is 853. The van der Waals surface area contributed by atoms with Crippen molar-refractivity contribution >= 4 is 17.6 Å². The van der Waals surface area contributed by atoms with Crippen LogP contribution in [-0.2, 0) is 29.2 Å². The summed E-state index contributed by atoms with van der Waals surface area (Å²) in [7, 11) is 0. The number of nitrogens with one attached hydrogen (secondary N) is 2. The van der Waals surface area contributed by atoms with Crippen molar-refractivity contribution in [1.29, 1.82) is 0 Å². The molecule has 146 valence electrons. The van der Waals surface area contributed by atoms with Gasteiger partial charge in [0, 0.05) is 25.3 Å². The van der Waals surface area contributed by atoms with E-state index in [4.69, 9.17) is 4.74 Å². The first-order chi connectivity index (χ1) is 13.7. The molecule has 0 aliphatic carbocycles. The first-order valence-corrected chi connectivity index (χ1v) is 9.73. The molecule has 28 heavy (non-hydrogen) atoms. The molecular weight excluding hydrogens is 354 g/mol. The van der Waals surface area contributed by atoms with E-state index in [9.17, 15) is 9.59 Å².